The number of alkyl halides is 3. The highest BCUT2D eigenvalue weighted by atomic mass is 32.2. The summed E-state index contributed by atoms with van der Waals surface area (Å²) in [7, 11) is -5.60. The fraction of sp³-hybridized carbons (Fsp3) is 0.333. The van der Waals surface area contributed by atoms with Gasteiger partial charge in [-0.3, -0.25) is 0 Å². The van der Waals surface area contributed by atoms with Gasteiger partial charge in [0.2, 0.25) is 0 Å². The summed E-state index contributed by atoms with van der Waals surface area (Å²) in [5.74, 6) is -0.370. The molecule has 0 amide bonds. The van der Waals surface area contributed by atoms with E-state index in [1.807, 2.05) is 13.0 Å². The summed E-state index contributed by atoms with van der Waals surface area (Å²) < 4.78 is 61.7. The lowest BCUT2D eigenvalue weighted by Crippen LogP contribution is -2.28. The zero-order valence-electron chi connectivity index (χ0n) is 10.1. The summed E-state index contributed by atoms with van der Waals surface area (Å²) >= 11 is 0. The topological polar surface area (TPSA) is 43.4 Å². The Balaban J connectivity index is 2.78. The molecule has 1 rings (SSSR count). The predicted octanol–water partition coefficient (Wildman–Crippen LogP) is 3.73. The van der Waals surface area contributed by atoms with Gasteiger partial charge in [-0.15, -0.1) is 0 Å². The molecule has 0 aliphatic heterocycles. The molecule has 1 aromatic carbocycles. The molecule has 0 aliphatic rings. The summed E-state index contributed by atoms with van der Waals surface area (Å²) in [6.07, 6.45) is 5.59. The van der Waals surface area contributed by atoms with Crippen LogP contribution in [0.1, 0.15) is 25.3 Å². The van der Waals surface area contributed by atoms with Gasteiger partial charge in [-0.2, -0.15) is 21.6 Å². The van der Waals surface area contributed by atoms with E-state index in [1.165, 1.54) is 24.3 Å². The van der Waals surface area contributed by atoms with Gasteiger partial charge in [0.15, 0.2) is 0 Å². The third-order valence-electron chi connectivity index (χ3n) is 2.14. The molecule has 0 atom stereocenters. The van der Waals surface area contributed by atoms with Gasteiger partial charge in [0.05, 0.1) is 0 Å². The van der Waals surface area contributed by atoms with Crippen molar-refractivity contribution in [3.05, 3.63) is 35.9 Å². The molecule has 3 nitrogen and oxygen atoms in total. The van der Waals surface area contributed by atoms with Crippen molar-refractivity contribution < 1.29 is 25.8 Å². The Labute approximate surface area is 109 Å². The fourth-order valence-corrected chi connectivity index (χ4v) is 1.65. The zero-order valence-corrected chi connectivity index (χ0v) is 11.0. The lowest BCUT2D eigenvalue weighted by Gasteiger charge is -2.09. The Hall–Kier alpha value is -1.50. The third-order valence-corrected chi connectivity index (χ3v) is 3.11. The minimum atomic E-state index is -5.60. The Bertz CT molecular complexity index is 530. The molecule has 0 N–H and O–H groups in total. The second-order valence-corrected chi connectivity index (χ2v) is 5.28. The minimum absolute atomic E-state index is 0.370. The summed E-state index contributed by atoms with van der Waals surface area (Å²) in [6.45, 7) is 2.02. The van der Waals surface area contributed by atoms with Crippen LogP contribution >= 0.6 is 0 Å². The van der Waals surface area contributed by atoms with E-state index >= 15 is 0 Å². The van der Waals surface area contributed by atoms with Gasteiger partial charge in [-0.25, -0.2) is 0 Å². The van der Waals surface area contributed by atoms with Crippen molar-refractivity contribution in [3.8, 4) is 5.75 Å². The number of halogens is 3. The number of benzene rings is 1. The molecular formula is C12H13F3O3S. The normalized spacial score (nSPS) is 12.8. The zero-order chi connectivity index (χ0) is 14.5. The van der Waals surface area contributed by atoms with Gasteiger partial charge in [0.1, 0.15) is 5.75 Å². The van der Waals surface area contributed by atoms with Crippen molar-refractivity contribution in [2.45, 2.75) is 25.3 Å². The van der Waals surface area contributed by atoms with Crippen molar-refractivity contribution in [1.82, 2.24) is 0 Å². The van der Waals surface area contributed by atoms with Crippen molar-refractivity contribution in [2.24, 2.45) is 0 Å². The van der Waals surface area contributed by atoms with E-state index in [-0.39, 0.29) is 5.75 Å². The molecule has 0 heterocycles. The first-order valence-corrected chi connectivity index (χ1v) is 6.94. The van der Waals surface area contributed by atoms with Gasteiger partial charge in [0.25, 0.3) is 0 Å². The van der Waals surface area contributed by atoms with Crippen molar-refractivity contribution in [1.29, 1.82) is 0 Å². The maximum absolute atomic E-state index is 12.1. The molecule has 7 heteroatoms. The van der Waals surface area contributed by atoms with Crippen LogP contribution in [0.25, 0.3) is 6.08 Å². The predicted molar refractivity (Wildman–Crippen MR) is 66.0 cm³/mol. The number of rotatable bonds is 5. The van der Waals surface area contributed by atoms with Gasteiger partial charge in [-0.05, 0) is 24.1 Å². The van der Waals surface area contributed by atoms with E-state index in [4.69, 9.17) is 0 Å². The average Bonchev–Trinajstić information content (AvgIpc) is 2.30. The van der Waals surface area contributed by atoms with Crippen LogP contribution in [0, 0.1) is 0 Å². The molecule has 0 unspecified atom stereocenters. The Morgan fingerprint density at radius 2 is 1.79 bits per heavy atom. The summed E-state index contributed by atoms with van der Waals surface area (Å²) in [4.78, 5) is 0. The largest absolute Gasteiger partial charge is 0.534 e. The van der Waals surface area contributed by atoms with E-state index in [2.05, 4.69) is 4.18 Å². The minimum Gasteiger partial charge on any atom is -0.376 e. The highest BCUT2D eigenvalue weighted by Gasteiger charge is 2.48. The van der Waals surface area contributed by atoms with Crippen LogP contribution in [-0.4, -0.2) is 13.9 Å². The van der Waals surface area contributed by atoms with Crippen LogP contribution in [0.5, 0.6) is 5.75 Å². The van der Waals surface area contributed by atoms with Crippen LogP contribution in [-0.2, 0) is 10.1 Å². The molecule has 0 radical (unpaired) electrons. The van der Waals surface area contributed by atoms with Gasteiger partial charge in [-0.1, -0.05) is 37.6 Å². The lowest BCUT2D eigenvalue weighted by atomic mass is 10.2. The maximum Gasteiger partial charge on any atom is 0.534 e. The Morgan fingerprint density at radius 1 is 1.21 bits per heavy atom. The maximum atomic E-state index is 12.1. The first-order chi connectivity index (χ1) is 8.76. The van der Waals surface area contributed by atoms with E-state index in [9.17, 15) is 21.6 Å². The molecule has 0 saturated heterocycles. The number of unbranched alkanes of at least 4 members (excludes halogenated alkanes) is 1. The quantitative estimate of drug-likeness (QED) is 0.614. The van der Waals surface area contributed by atoms with E-state index < -0.39 is 15.6 Å². The van der Waals surface area contributed by atoms with E-state index in [0.717, 1.165) is 18.4 Å². The summed E-state index contributed by atoms with van der Waals surface area (Å²) in [5.41, 5.74) is -4.67. The molecule has 0 spiro atoms. The third kappa shape index (κ3) is 4.59. The van der Waals surface area contributed by atoms with E-state index in [0.29, 0.717) is 0 Å². The SMILES string of the molecule is CCC/C=C/c1ccc(OS(=O)(=O)C(F)(F)F)cc1. The molecule has 106 valence electrons. The standard InChI is InChI=1S/C12H13F3O3S/c1-2-3-4-5-10-6-8-11(9-7-10)18-19(16,17)12(13,14)15/h4-9H,2-3H2,1H3/b5-4+. The Kier molecular flexibility index (Phi) is 4.99. The lowest BCUT2D eigenvalue weighted by molar-refractivity contribution is -0.0500. The van der Waals surface area contributed by atoms with Gasteiger partial charge >= 0.3 is 15.6 Å². The average molecular weight is 294 g/mol. The van der Waals surface area contributed by atoms with Gasteiger partial charge < -0.3 is 4.18 Å². The highest BCUT2D eigenvalue weighted by Crippen LogP contribution is 2.27. The number of allylic oxidation sites excluding steroid dienone is 1. The molecule has 0 fully saturated rings. The van der Waals surface area contributed by atoms with E-state index in [1.54, 1.807) is 6.08 Å². The summed E-state index contributed by atoms with van der Waals surface area (Å²) in [5, 5.41) is 0. The van der Waals surface area contributed by atoms with Crippen molar-refractivity contribution in [2.75, 3.05) is 0 Å². The monoisotopic (exact) mass is 294 g/mol. The second kappa shape index (κ2) is 6.10. The molecule has 19 heavy (non-hydrogen) atoms. The molecule has 0 saturated carbocycles. The molecule has 0 aromatic heterocycles. The fourth-order valence-electron chi connectivity index (χ4n) is 1.19. The van der Waals surface area contributed by atoms with Crippen LogP contribution in [0.15, 0.2) is 30.3 Å². The van der Waals surface area contributed by atoms with Gasteiger partial charge in [0, 0.05) is 0 Å². The van der Waals surface area contributed by atoms with Crippen molar-refractivity contribution >= 4 is 16.2 Å². The first kappa shape index (κ1) is 15.6. The highest BCUT2D eigenvalue weighted by molar-refractivity contribution is 7.87. The second-order valence-electron chi connectivity index (χ2n) is 3.74. The first-order valence-electron chi connectivity index (χ1n) is 5.53. The summed E-state index contributed by atoms with van der Waals surface area (Å²) in [6, 6.07) is 5.31. The smallest absolute Gasteiger partial charge is 0.376 e. The van der Waals surface area contributed by atoms with Crippen LogP contribution in [0.3, 0.4) is 0 Å². The number of hydrogen-bond donors (Lipinski definition) is 0. The molecule has 1 aromatic rings. The molecular weight excluding hydrogens is 281 g/mol. The number of hydrogen-bond acceptors (Lipinski definition) is 3. The van der Waals surface area contributed by atoms with Crippen LogP contribution in [0.2, 0.25) is 0 Å². The Morgan fingerprint density at radius 3 is 2.26 bits per heavy atom. The van der Waals surface area contributed by atoms with Crippen LogP contribution < -0.4 is 4.18 Å². The van der Waals surface area contributed by atoms with Crippen LogP contribution in [0.4, 0.5) is 13.2 Å². The van der Waals surface area contributed by atoms with Crippen molar-refractivity contribution in [3.63, 3.8) is 0 Å². The molecule has 0 bridgehead atoms. The molecule has 0 aliphatic carbocycles.